The number of nitrogens with zero attached hydrogens (tertiary/aromatic N) is 1. The van der Waals surface area contributed by atoms with E-state index in [2.05, 4.69) is 53.5 Å². The molecule has 1 aliphatic heterocycles. The summed E-state index contributed by atoms with van der Waals surface area (Å²) in [6, 6.07) is 13.4. The Balaban J connectivity index is 0.00000120. The second-order valence-corrected chi connectivity index (χ2v) is 4.77. The average molecular weight is 263 g/mol. The van der Waals surface area contributed by atoms with Gasteiger partial charge in [0.2, 0.25) is 0 Å². The van der Waals surface area contributed by atoms with E-state index in [0.717, 1.165) is 26.2 Å². The summed E-state index contributed by atoms with van der Waals surface area (Å²) in [7, 11) is 0. The van der Waals surface area contributed by atoms with Gasteiger partial charge < -0.3 is 10.2 Å². The average Bonchev–Trinajstić information content (AvgIpc) is 2.39. The number of fused-ring (bicyclic) bond motifs is 1. The molecule has 96 valence electrons. The smallest absolute Gasteiger partial charge is 0.0373 e. The van der Waals surface area contributed by atoms with Crippen LogP contribution < -0.4 is 10.2 Å². The number of aryl methyl sites for hydroxylation is 1. The van der Waals surface area contributed by atoms with Gasteiger partial charge in [-0.05, 0) is 29.8 Å². The van der Waals surface area contributed by atoms with E-state index in [0.29, 0.717) is 0 Å². The zero-order chi connectivity index (χ0) is 11.7. The molecule has 1 aliphatic rings. The number of anilines is 1. The molecule has 0 bridgehead atoms. The molecule has 0 aromatic heterocycles. The number of hydrogen-bond donors (Lipinski definition) is 1. The summed E-state index contributed by atoms with van der Waals surface area (Å²) in [6.45, 7) is 6.54. The summed E-state index contributed by atoms with van der Waals surface area (Å²) < 4.78 is 0. The lowest BCUT2D eigenvalue weighted by molar-refractivity contribution is 0.589. The second-order valence-electron chi connectivity index (χ2n) is 4.77. The highest BCUT2D eigenvalue weighted by atomic mass is 35.5. The Bertz CT molecular complexity index is 533. The van der Waals surface area contributed by atoms with Crippen LogP contribution in [0, 0.1) is 6.92 Å². The highest BCUT2D eigenvalue weighted by Crippen LogP contribution is 2.23. The highest BCUT2D eigenvalue weighted by molar-refractivity contribution is 5.86. The number of piperazine rings is 1. The minimum atomic E-state index is 0. The van der Waals surface area contributed by atoms with Gasteiger partial charge in [-0.1, -0.05) is 29.8 Å². The fourth-order valence-electron chi connectivity index (χ4n) is 2.47. The SMILES string of the molecule is Cc1ccc2cc(N3CCNCC3)ccc2c1.Cl. The van der Waals surface area contributed by atoms with Crippen LogP contribution in [-0.4, -0.2) is 26.2 Å². The minimum Gasteiger partial charge on any atom is -0.369 e. The lowest BCUT2D eigenvalue weighted by Gasteiger charge is -2.29. The first-order valence-electron chi connectivity index (χ1n) is 6.29. The summed E-state index contributed by atoms with van der Waals surface area (Å²) in [4.78, 5) is 2.45. The second kappa shape index (κ2) is 5.59. The van der Waals surface area contributed by atoms with Crippen molar-refractivity contribution in [3.63, 3.8) is 0 Å². The predicted molar refractivity (Wildman–Crippen MR) is 81.0 cm³/mol. The Morgan fingerprint density at radius 1 is 0.944 bits per heavy atom. The fourth-order valence-corrected chi connectivity index (χ4v) is 2.47. The van der Waals surface area contributed by atoms with Crippen LogP contribution in [0.2, 0.25) is 0 Å². The molecule has 0 radical (unpaired) electrons. The van der Waals surface area contributed by atoms with Crippen LogP contribution in [0.1, 0.15) is 5.56 Å². The van der Waals surface area contributed by atoms with Crippen LogP contribution in [0.3, 0.4) is 0 Å². The molecule has 0 spiro atoms. The maximum absolute atomic E-state index is 3.39. The summed E-state index contributed by atoms with van der Waals surface area (Å²) in [6.07, 6.45) is 0. The first-order chi connectivity index (χ1) is 8.33. The van der Waals surface area contributed by atoms with Gasteiger partial charge in [0, 0.05) is 31.9 Å². The number of rotatable bonds is 1. The van der Waals surface area contributed by atoms with Crippen LogP contribution in [0.4, 0.5) is 5.69 Å². The fraction of sp³-hybridized carbons (Fsp3) is 0.333. The Hall–Kier alpha value is -1.25. The Labute approximate surface area is 114 Å². The molecule has 0 amide bonds. The zero-order valence-corrected chi connectivity index (χ0v) is 11.5. The lowest BCUT2D eigenvalue weighted by Crippen LogP contribution is -2.43. The Kier molecular flexibility index (Phi) is 4.10. The van der Waals surface area contributed by atoms with E-state index in [1.54, 1.807) is 0 Å². The van der Waals surface area contributed by atoms with Gasteiger partial charge >= 0.3 is 0 Å². The van der Waals surface area contributed by atoms with Crippen molar-refractivity contribution in [3.8, 4) is 0 Å². The highest BCUT2D eigenvalue weighted by Gasteiger charge is 2.10. The van der Waals surface area contributed by atoms with Crippen LogP contribution in [0.15, 0.2) is 36.4 Å². The van der Waals surface area contributed by atoms with E-state index in [1.807, 2.05) is 0 Å². The van der Waals surface area contributed by atoms with Crippen molar-refractivity contribution in [2.24, 2.45) is 0 Å². The third kappa shape index (κ3) is 2.60. The topological polar surface area (TPSA) is 15.3 Å². The first kappa shape index (κ1) is 13.2. The molecule has 3 rings (SSSR count). The Morgan fingerprint density at radius 2 is 1.61 bits per heavy atom. The maximum Gasteiger partial charge on any atom is 0.0373 e. The molecule has 1 saturated heterocycles. The molecule has 2 aromatic rings. The number of benzene rings is 2. The van der Waals surface area contributed by atoms with E-state index in [1.165, 1.54) is 22.0 Å². The van der Waals surface area contributed by atoms with E-state index >= 15 is 0 Å². The van der Waals surface area contributed by atoms with Gasteiger partial charge in [0.25, 0.3) is 0 Å². The summed E-state index contributed by atoms with van der Waals surface area (Å²) in [5, 5.41) is 6.06. The largest absolute Gasteiger partial charge is 0.369 e. The van der Waals surface area contributed by atoms with Gasteiger partial charge in [0.15, 0.2) is 0 Å². The van der Waals surface area contributed by atoms with Crippen molar-refractivity contribution in [2.45, 2.75) is 6.92 Å². The van der Waals surface area contributed by atoms with E-state index in [4.69, 9.17) is 0 Å². The number of nitrogens with one attached hydrogen (secondary N) is 1. The van der Waals surface area contributed by atoms with Gasteiger partial charge in [-0.25, -0.2) is 0 Å². The normalized spacial score (nSPS) is 15.5. The van der Waals surface area contributed by atoms with Crippen LogP contribution >= 0.6 is 12.4 Å². The molecule has 2 aromatic carbocycles. The molecule has 0 aliphatic carbocycles. The monoisotopic (exact) mass is 262 g/mol. The van der Waals surface area contributed by atoms with Crippen molar-refractivity contribution in [2.75, 3.05) is 31.1 Å². The van der Waals surface area contributed by atoms with Gasteiger partial charge in [-0.3, -0.25) is 0 Å². The molecule has 18 heavy (non-hydrogen) atoms. The van der Waals surface area contributed by atoms with Crippen molar-refractivity contribution in [3.05, 3.63) is 42.0 Å². The van der Waals surface area contributed by atoms with Gasteiger partial charge in [-0.2, -0.15) is 0 Å². The van der Waals surface area contributed by atoms with Gasteiger partial charge in [0.1, 0.15) is 0 Å². The molecular formula is C15H19ClN2. The molecule has 2 nitrogen and oxygen atoms in total. The van der Waals surface area contributed by atoms with E-state index in [9.17, 15) is 0 Å². The molecule has 0 atom stereocenters. The standard InChI is InChI=1S/C15H18N2.ClH/c1-12-2-3-14-11-15(5-4-13(14)10-12)17-8-6-16-7-9-17;/h2-5,10-11,16H,6-9H2,1H3;1H. The quantitative estimate of drug-likeness (QED) is 0.850. The summed E-state index contributed by atoms with van der Waals surface area (Å²) in [5.74, 6) is 0. The third-order valence-corrected chi connectivity index (χ3v) is 3.46. The van der Waals surface area contributed by atoms with Crippen LogP contribution in [0.25, 0.3) is 10.8 Å². The van der Waals surface area contributed by atoms with E-state index < -0.39 is 0 Å². The molecule has 1 N–H and O–H groups in total. The zero-order valence-electron chi connectivity index (χ0n) is 10.6. The molecular weight excluding hydrogens is 244 g/mol. The Morgan fingerprint density at radius 3 is 2.39 bits per heavy atom. The molecule has 0 unspecified atom stereocenters. The minimum absolute atomic E-state index is 0. The van der Waals surface area contributed by atoms with Crippen molar-refractivity contribution in [1.82, 2.24) is 5.32 Å². The first-order valence-corrected chi connectivity index (χ1v) is 6.29. The summed E-state index contributed by atoms with van der Waals surface area (Å²) in [5.41, 5.74) is 2.68. The number of hydrogen-bond acceptors (Lipinski definition) is 2. The van der Waals surface area contributed by atoms with Crippen molar-refractivity contribution in [1.29, 1.82) is 0 Å². The molecule has 0 saturated carbocycles. The van der Waals surface area contributed by atoms with Crippen molar-refractivity contribution < 1.29 is 0 Å². The van der Waals surface area contributed by atoms with Crippen LogP contribution in [0.5, 0.6) is 0 Å². The van der Waals surface area contributed by atoms with Gasteiger partial charge in [0.05, 0.1) is 0 Å². The predicted octanol–water partition coefficient (Wildman–Crippen LogP) is 2.98. The molecule has 1 heterocycles. The molecule has 3 heteroatoms. The van der Waals surface area contributed by atoms with Crippen molar-refractivity contribution >= 4 is 28.9 Å². The summed E-state index contributed by atoms with van der Waals surface area (Å²) >= 11 is 0. The number of halogens is 1. The van der Waals surface area contributed by atoms with Crippen LogP contribution in [-0.2, 0) is 0 Å². The maximum atomic E-state index is 3.39. The lowest BCUT2D eigenvalue weighted by atomic mass is 10.1. The van der Waals surface area contributed by atoms with Gasteiger partial charge in [-0.15, -0.1) is 12.4 Å². The van der Waals surface area contributed by atoms with E-state index in [-0.39, 0.29) is 12.4 Å². The third-order valence-electron chi connectivity index (χ3n) is 3.46. The molecule has 1 fully saturated rings.